The van der Waals surface area contributed by atoms with E-state index < -0.39 is 0 Å². The maximum Gasteiger partial charge on any atom is 0.158 e. The Morgan fingerprint density at radius 3 is 2.44 bits per heavy atom. The summed E-state index contributed by atoms with van der Waals surface area (Å²) in [5.74, 6) is 1.93. The molecule has 0 spiro atoms. The first-order chi connectivity index (χ1) is 7.80. The van der Waals surface area contributed by atoms with E-state index in [1.807, 2.05) is 0 Å². The minimum Gasteiger partial charge on any atom is -0.329 e. The third kappa shape index (κ3) is 2.12. The van der Waals surface area contributed by atoms with Crippen LogP contribution in [0.1, 0.15) is 57.1 Å². The van der Waals surface area contributed by atoms with Crippen molar-refractivity contribution in [2.75, 3.05) is 6.54 Å². The molecule has 0 radical (unpaired) electrons. The molecular weight excluding hydrogens is 200 g/mol. The third-order valence-corrected chi connectivity index (χ3v) is 3.79. The zero-order valence-corrected chi connectivity index (χ0v) is 10.1. The number of rotatable bonds is 3. The average Bonchev–Trinajstić information content (AvgIpc) is 2.68. The van der Waals surface area contributed by atoms with Gasteiger partial charge in [-0.2, -0.15) is 5.10 Å². The minimum absolute atomic E-state index is 0.0421. The summed E-state index contributed by atoms with van der Waals surface area (Å²) >= 11 is 0. The molecule has 0 aromatic carbocycles. The highest BCUT2D eigenvalue weighted by molar-refractivity contribution is 5.10. The van der Waals surface area contributed by atoms with Crippen LogP contribution in [-0.4, -0.2) is 21.7 Å². The Kier molecular flexibility index (Phi) is 3.59. The number of hydrogen-bond acceptors (Lipinski definition) is 3. The van der Waals surface area contributed by atoms with Crippen LogP contribution in [-0.2, 0) is 11.8 Å². The molecule has 1 aromatic heterocycles. The maximum atomic E-state index is 6.00. The van der Waals surface area contributed by atoms with Gasteiger partial charge < -0.3 is 5.73 Å². The number of nitrogens with one attached hydrogen (secondary N) is 1. The van der Waals surface area contributed by atoms with Crippen LogP contribution in [0.5, 0.6) is 0 Å². The molecule has 1 aliphatic carbocycles. The van der Waals surface area contributed by atoms with Gasteiger partial charge in [-0.3, -0.25) is 5.10 Å². The number of nitrogens with zero attached hydrogens (tertiary/aromatic N) is 2. The number of H-pyrrole nitrogens is 1. The molecule has 2 rings (SSSR count). The predicted molar refractivity (Wildman–Crippen MR) is 64.2 cm³/mol. The Hall–Kier alpha value is -0.900. The second-order valence-corrected chi connectivity index (χ2v) is 4.86. The van der Waals surface area contributed by atoms with E-state index >= 15 is 0 Å². The van der Waals surface area contributed by atoms with E-state index in [-0.39, 0.29) is 5.41 Å². The van der Waals surface area contributed by atoms with Crippen LogP contribution in [0, 0.1) is 0 Å². The molecule has 1 fully saturated rings. The molecule has 0 saturated heterocycles. The van der Waals surface area contributed by atoms with Crippen LogP contribution in [0.15, 0.2) is 0 Å². The molecule has 4 heteroatoms. The summed E-state index contributed by atoms with van der Waals surface area (Å²) in [5, 5.41) is 7.39. The fourth-order valence-corrected chi connectivity index (χ4v) is 2.61. The Morgan fingerprint density at radius 1 is 1.25 bits per heavy atom. The molecule has 1 heterocycles. The van der Waals surface area contributed by atoms with Gasteiger partial charge in [-0.15, -0.1) is 0 Å². The Labute approximate surface area is 97.0 Å². The minimum atomic E-state index is 0.0421. The normalized spacial score (nSPS) is 20.6. The predicted octanol–water partition coefficient (Wildman–Crippen LogP) is 1.92. The molecule has 1 aliphatic rings. The van der Waals surface area contributed by atoms with E-state index in [1.54, 1.807) is 0 Å². The molecule has 0 bridgehead atoms. The Bertz CT molecular complexity index is 324. The Morgan fingerprint density at radius 2 is 1.94 bits per heavy atom. The molecule has 0 unspecified atom stereocenters. The second-order valence-electron chi connectivity index (χ2n) is 4.86. The lowest BCUT2D eigenvalue weighted by Gasteiger charge is -2.27. The summed E-state index contributed by atoms with van der Waals surface area (Å²) in [4.78, 5) is 4.59. The van der Waals surface area contributed by atoms with Gasteiger partial charge in [0.2, 0.25) is 0 Å². The fourth-order valence-electron chi connectivity index (χ4n) is 2.61. The van der Waals surface area contributed by atoms with Gasteiger partial charge >= 0.3 is 0 Å². The summed E-state index contributed by atoms with van der Waals surface area (Å²) in [5.41, 5.74) is 6.04. The highest BCUT2D eigenvalue weighted by atomic mass is 15.2. The van der Waals surface area contributed by atoms with Gasteiger partial charge in [0, 0.05) is 18.4 Å². The standard InChI is InChI=1S/C12H22N4/c1-2-10-14-11(16-15-10)12(9-13)7-5-3-4-6-8-12/h2-9,13H2,1H3,(H,14,15,16). The average molecular weight is 222 g/mol. The lowest BCUT2D eigenvalue weighted by molar-refractivity contribution is 0.360. The number of aryl methyl sites for hydroxylation is 1. The highest BCUT2D eigenvalue weighted by Crippen LogP contribution is 2.35. The monoisotopic (exact) mass is 222 g/mol. The van der Waals surface area contributed by atoms with Crippen molar-refractivity contribution in [1.29, 1.82) is 0 Å². The summed E-state index contributed by atoms with van der Waals surface area (Å²) in [6.45, 7) is 2.76. The summed E-state index contributed by atoms with van der Waals surface area (Å²) in [7, 11) is 0. The van der Waals surface area contributed by atoms with E-state index in [2.05, 4.69) is 22.1 Å². The van der Waals surface area contributed by atoms with Gasteiger partial charge in [0.1, 0.15) is 5.82 Å². The second kappa shape index (κ2) is 4.95. The molecule has 4 nitrogen and oxygen atoms in total. The Balaban J connectivity index is 2.24. The van der Waals surface area contributed by atoms with E-state index in [4.69, 9.17) is 5.73 Å². The quantitative estimate of drug-likeness (QED) is 0.768. The largest absolute Gasteiger partial charge is 0.329 e. The van der Waals surface area contributed by atoms with Crippen molar-refractivity contribution in [1.82, 2.24) is 15.2 Å². The van der Waals surface area contributed by atoms with Crippen LogP contribution >= 0.6 is 0 Å². The SMILES string of the molecule is CCc1nc(C2(CN)CCCCCC2)n[nH]1. The summed E-state index contributed by atoms with van der Waals surface area (Å²) < 4.78 is 0. The third-order valence-electron chi connectivity index (χ3n) is 3.79. The lowest BCUT2D eigenvalue weighted by atomic mass is 9.79. The van der Waals surface area contributed by atoms with E-state index in [9.17, 15) is 0 Å². The van der Waals surface area contributed by atoms with Crippen LogP contribution in [0.25, 0.3) is 0 Å². The van der Waals surface area contributed by atoms with Gasteiger partial charge in [0.25, 0.3) is 0 Å². The molecule has 0 aliphatic heterocycles. The number of hydrogen-bond donors (Lipinski definition) is 2. The smallest absolute Gasteiger partial charge is 0.158 e. The molecule has 90 valence electrons. The molecular formula is C12H22N4. The molecule has 0 atom stereocenters. The van der Waals surface area contributed by atoms with Crippen molar-refractivity contribution in [3.05, 3.63) is 11.6 Å². The van der Waals surface area contributed by atoms with Crippen molar-refractivity contribution >= 4 is 0 Å². The number of nitrogens with two attached hydrogens (primary N) is 1. The molecule has 0 amide bonds. The maximum absolute atomic E-state index is 6.00. The van der Waals surface area contributed by atoms with Crippen LogP contribution in [0.4, 0.5) is 0 Å². The summed E-state index contributed by atoms with van der Waals surface area (Å²) in [6.07, 6.45) is 8.36. The van der Waals surface area contributed by atoms with Gasteiger partial charge in [-0.1, -0.05) is 32.6 Å². The fraction of sp³-hybridized carbons (Fsp3) is 0.833. The number of aromatic nitrogens is 3. The van der Waals surface area contributed by atoms with Gasteiger partial charge in [0.05, 0.1) is 0 Å². The molecule has 16 heavy (non-hydrogen) atoms. The first-order valence-corrected chi connectivity index (χ1v) is 6.42. The number of aromatic amines is 1. The van der Waals surface area contributed by atoms with E-state index in [1.165, 1.54) is 25.7 Å². The first kappa shape index (κ1) is 11.6. The highest BCUT2D eigenvalue weighted by Gasteiger charge is 2.35. The van der Waals surface area contributed by atoms with Crippen LogP contribution < -0.4 is 5.73 Å². The molecule has 1 aromatic rings. The zero-order valence-electron chi connectivity index (χ0n) is 10.1. The lowest BCUT2D eigenvalue weighted by Crippen LogP contribution is -2.35. The zero-order chi connectivity index (χ0) is 11.4. The first-order valence-electron chi connectivity index (χ1n) is 6.42. The van der Waals surface area contributed by atoms with Gasteiger partial charge in [-0.05, 0) is 12.8 Å². The van der Waals surface area contributed by atoms with Crippen molar-refractivity contribution < 1.29 is 0 Å². The van der Waals surface area contributed by atoms with Crippen molar-refractivity contribution in [3.63, 3.8) is 0 Å². The molecule has 3 N–H and O–H groups in total. The van der Waals surface area contributed by atoms with E-state index in [0.29, 0.717) is 6.54 Å². The van der Waals surface area contributed by atoms with Crippen LogP contribution in [0.3, 0.4) is 0 Å². The van der Waals surface area contributed by atoms with Crippen LogP contribution in [0.2, 0.25) is 0 Å². The van der Waals surface area contributed by atoms with Crippen molar-refractivity contribution in [2.24, 2.45) is 5.73 Å². The van der Waals surface area contributed by atoms with Crippen molar-refractivity contribution in [2.45, 2.75) is 57.3 Å². The van der Waals surface area contributed by atoms with Crippen molar-refractivity contribution in [3.8, 4) is 0 Å². The summed E-state index contributed by atoms with van der Waals surface area (Å²) in [6, 6.07) is 0. The van der Waals surface area contributed by atoms with Gasteiger partial charge in [-0.25, -0.2) is 4.98 Å². The topological polar surface area (TPSA) is 67.6 Å². The van der Waals surface area contributed by atoms with Gasteiger partial charge in [0.15, 0.2) is 5.82 Å². The molecule has 1 saturated carbocycles. The van der Waals surface area contributed by atoms with E-state index in [0.717, 1.165) is 30.9 Å².